The van der Waals surface area contributed by atoms with Crippen LogP contribution in [-0.2, 0) is 6.18 Å². The molecule has 1 aromatic carbocycles. The number of hydrogen-bond donors (Lipinski definition) is 1. The van der Waals surface area contributed by atoms with Gasteiger partial charge in [-0.1, -0.05) is 31.1 Å². The first kappa shape index (κ1) is 12.5. The van der Waals surface area contributed by atoms with Crippen molar-refractivity contribution in [1.29, 1.82) is 0 Å². The quantitative estimate of drug-likeness (QED) is 0.471. The molecule has 16 heavy (non-hydrogen) atoms. The lowest BCUT2D eigenvalue weighted by atomic mass is 9.98. The second kappa shape index (κ2) is 4.55. The van der Waals surface area contributed by atoms with Crippen LogP contribution in [-0.4, -0.2) is 10.9 Å². The average Bonchev–Trinajstić information content (AvgIpc) is 2.17. The van der Waals surface area contributed by atoms with Gasteiger partial charge in [0.2, 0.25) is 0 Å². The van der Waals surface area contributed by atoms with Crippen molar-refractivity contribution < 1.29 is 18.4 Å². The molecule has 0 fully saturated rings. The number of halogens is 3. The summed E-state index contributed by atoms with van der Waals surface area (Å²) in [5.74, 6) is -0.145. The van der Waals surface area contributed by atoms with Crippen molar-refractivity contribution in [3.8, 4) is 0 Å². The van der Waals surface area contributed by atoms with Crippen LogP contribution < -0.4 is 0 Å². The van der Waals surface area contributed by atoms with Crippen LogP contribution in [0.15, 0.2) is 29.4 Å². The Morgan fingerprint density at radius 1 is 1.31 bits per heavy atom. The molecule has 88 valence electrons. The third kappa shape index (κ3) is 2.74. The Balaban J connectivity index is 3.18. The highest BCUT2D eigenvalue weighted by molar-refractivity contribution is 6.01. The molecule has 1 N–H and O–H groups in total. The highest BCUT2D eigenvalue weighted by atomic mass is 19.4. The average molecular weight is 231 g/mol. The number of nitrogens with zero attached hydrogens (tertiary/aromatic N) is 1. The van der Waals surface area contributed by atoms with E-state index in [2.05, 4.69) is 5.16 Å². The molecule has 0 saturated carbocycles. The Kier molecular flexibility index (Phi) is 3.57. The molecule has 2 nitrogen and oxygen atoms in total. The van der Waals surface area contributed by atoms with E-state index in [0.29, 0.717) is 0 Å². The van der Waals surface area contributed by atoms with Gasteiger partial charge in [-0.25, -0.2) is 0 Å². The van der Waals surface area contributed by atoms with Gasteiger partial charge in [0.05, 0.1) is 11.3 Å². The maximum atomic E-state index is 12.4. The van der Waals surface area contributed by atoms with Crippen LogP contribution in [0.3, 0.4) is 0 Å². The third-order valence-corrected chi connectivity index (χ3v) is 2.14. The molecule has 0 spiro atoms. The fourth-order valence-corrected chi connectivity index (χ4v) is 1.36. The Morgan fingerprint density at radius 3 is 2.38 bits per heavy atom. The van der Waals surface area contributed by atoms with E-state index < -0.39 is 11.7 Å². The normalized spacial score (nSPS) is 13.2. The first-order valence-corrected chi connectivity index (χ1v) is 4.76. The van der Waals surface area contributed by atoms with E-state index in [1.807, 2.05) is 0 Å². The second-order valence-electron chi connectivity index (χ2n) is 3.72. The van der Waals surface area contributed by atoms with E-state index in [0.717, 1.165) is 12.1 Å². The lowest BCUT2D eigenvalue weighted by Crippen LogP contribution is -2.12. The SMILES string of the molecule is CC(C)/C(=N/O)c1cccc(C(F)(F)F)c1. The molecule has 5 heteroatoms. The van der Waals surface area contributed by atoms with Crippen molar-refractivity contribution in [3.05, 3.63) is 35.4 Å². The predicted molar refractivity (Wildman–Crippen MR) is 54.6 cm³/mol. The number of oxime groups is 1. The zero-order valence-electron chi connectivity index (χ0n) is 8.92. The van der Waals surface area contributed by atoms with E-state index in [-0.39, 0.29) is 17.2 Å². The summed E-state index contributed by atoms with van der Waals surface area (Å²) in [6, 6.07) is 4.75. The van der Waals surface area contributed by atoms with Gasteiger partial charge in [0.15, 0.2) is 0 Å². The molecule has 0 aliphatic rings. The van der Waals surface area contributed by atoms with E-state index in [9.17, 15) is 13.2 Å². The summed E-state index contributed by atoms with van der Waals surface area (Å²) in [6.07, 6.45) is -4.38. The summed E-state index contributed by atoms with van der Waals surface area (Å²) in [7, 11) is 0. The number of alkyl halides is 3. The summed E-state index contributed by atoms with van der Waals surface area (Å²) in [4.78, 5) is 0. The van der Waals surface area contributed by atoms with E-state index in [1.54, 1.807) is 13.8 Å². The van der Waals surface area contributed by atoms with Gasteiger partial charge in [0.1, 0.15) is 0 Å². The van der Waals surface area contributed by atoms with Crippen molar-refractivity contribution in [2.24, 2.45) is 11.1 Å². The summed E-state index contributed by atoms with van der Waals surface area (Å²) in [5, 5.41) is 11.8. The summed E-state index contributed by atoms with van der Waals surface area (Å²) < 4.78 is 37.3. The van der Waals surface area contributed by atoms with Gasteiger partial charge in [-0.05, 0) is 18.1 Å². The first-order chi connectivity index (χ1) is 7.36. The van der Waals surface area contributed by atoms with Crippen LogP contribution in [0.2, 0.25) is 0 Å². The van der Waals surface area contributed by atoms with Crippen LogP contribution in [0.25, 0.3) is 0 Å². The van der Waals surface area contributed by atoms with Crippen LogP contribution in [0.5, 0.6) is 0 Å². The highest BCUT2D eigenvalue weighted by Crippen LogP contribution is 2.30. The van der Waals surface area contributed by atoms with Gasteiger partial charge in [-0.3, -0.25) is 0 Å². The maximum Gasteiger partial charge on any atom is 0.416 e. The minimum Gasteiger partial charge on any atom is -0.411 e. The van der Waals surface area contributed by atoms with Crippen molar-refractivity contribution in [2.75, 3.05) is 0 Å². The van der Waals surface area contributed by atoms with Gasteiger partial charge in [0.25, 0.3) is 0 Å². The lowest BCUT2D eigenvalue weighted by molar-refractivity contribution is -0.137. The second-order valence-corrected chi connectivity index (χ2v) is 3.72. The molecule has 0 bridgehead atoms. The highest BCUT2D eigenvalue weighted by Gasteiger charge is 2.30. The molecule has 0 aromatic heterocycles. The Labute approximate surface area is 91.4 Å². The molecule has 0 amide bonds. The van der Waals surface area contributed by atoms with Gasteiger partial charge >= 0.3 is 6.18 Å². The van der Waals surface area contributed by atoms with Crippen LogP contribution >= 0.6 is 0 Å². The van der Waals surface area contributed by atoms with Crippen molar-refractivity contribution >= 4 is 5.71 Å². The molecule has 0 aliphatic heterocycles. The van der Waals surface area contributed by atoms with E-state index >= 15 is 0 Å². The summed E-state index contributed by atoms with van der Waals surface area (Å²) in [5.41, 5.74) is -0.217. The molecular weight excluding hydrogens is 219 g/mol. The Bertz CT molecular complexity index is 396. The van der Waals surface area contributed by atoms with Crippen molar-refractivity contribution in [3.63, 3.8) is 0 Å². The molecular formula is C11H12F3NO. The summed E-state index contributed by atoms with van der Waals surface area (Å²) >= 11 is 0. The topological polar surface area (TPSA) is 32.6 Å². The third-order valence-electron chi connectivity index (χ3n) is 2.14. The molecule has 0 aliphatic carbocycles. The Morgan fingerprint density at radius 2 is 1.94 bits per heavy atom. The van der Waals surface area contributed by atoms with Gasteiger partial charge in [0, 0.05) is 5.56 Å². The number of benzene rings is 1. The number of rotatable bonds is 2. The van der Waals surface area contributed by atoms with Gasteiger partial charge < -0.3 is 5.21 Å². The molecule has 0 radical (unpaired) electrons. The largest absolute Gasteiger partial charge is 0.416 e. The molecule has 0 heterocycles. The molecule has 0 atom stereocenters. The van der Waals surface area contributed by atoms with Gasteiger partial charge in [-0.2, -0.15) is 13.2 Å². The minimum absolute atomic E-state index is 0.145. The molecule has 0 unspecified atom stereocenters. The molecule has 1 rings (SSSR count). The van der Waals surface area contributed by atoms with Crippen molar-refractivity contribution in [2.45, 2.75) is 20.0 Å². The summed E-state index contributed by atoms with van der Waals surface area (Å²) in [6.45, 7) is 3.49. The standard InChI is InChI=1S/C11H12F3NO/c1-7(2)10(15-16)8-4-3-5-9(6-8)11(12,13)14/h3-7,16H,1-2H3/b15-10-. The van der Waals surface area contributed by atoms with E-state index in [4.69, 9.17) is 5.21 Å². The fourth-order valence-electron chi connectivity index (χ4n) is 1.36. The van der Waals surface area contributed by atoms with Crippen LogP contribution in [0, 0.1) is 5.92 Å². The first-order valence-electron chi connectivity index (χ1n) is 4.76. The fraction of sp³-hybridized carbons (Fsp3) is 0.364. The Hall–Kier alpha value is -1.52. The minimum atomic E-state index is -4.38. The lowest BCUT2D eigenvalue weighted by Gasteiger charge is -2.11. The van der Waals surface area contributed by atoms with E-state index in [1.165, 1.54) is 12.1 Å². The monoisotopic (exact) mass is 231 g/mol. The predicted octanol–water partition coefficient (Wildman–Crippen LogP) is 3.54. The molecule has 1 aromatic rings. The van der Waals surface area contributed by atoms with Crippen LogP contribution in [0.1, 0.15) is 25.0 Å². The maximum absolute atomic E-state index is 12.4. The molecule has 0 saturated heterocycles. The van der Waals surface area contributed by atoms with Gasteiger partial charge in [-0.15, -0.1) is 0 Å². The van der Waals surface area contributed by atoms with Crippen LogP contribution in [0.4, 0.5) is 13.2 Å². The van der Waals surface area contributed by atoms with Crippen molar-refractivity contribution in [1.82, 2.24) is 0 Å². The zero-order valence-corrected chi connectivity index (χ0v) is 8.92. The smallest absolute Gasteiger partial charge is 0.411 e. The zero-order chi connectivity index (χ0) is 12.3. The number of hydrogen-bond acceptors (Lipinski definition) is 2.